The Morgan fingerprint density at radius 2 is 0.475 bits per heavy atom. The maximum atomic E-state index is 2.82. The third-order valence-electron chi connectivity index (χ3n) is 36.5. The molecule has 0 fully saturated rings. The Kier molecular flexibility index (Phi) is 11.4. The predicted octanol–water partition coefficient (Wildman–Crippen LogP) is 21.4. The molecule has 630 valence electrons. The SMILES string of the molecule is c1ccc2c(c1)B1c3c(cc4c5c3N2c2ccccc2B5n2c3ccc(-c5ccc6c7cccc8c7n(c6c5)B5c6cccc7c6N(c6cc(-c9cccc%10c9c9cccc%11c9n%10B9c%10c-%11cc%11c%12c%10-n%10c%13c(cccc%13c%13cccc9c%13%10)B%12n9c%10ccccc%10c%10cccc-%11c%109)cc9c6B7n6c7ccccc7c7cccc-9c76)c6cccc-8c65)cc3c3cccc-4c32)-c2cccc3c4ccccc4n1c23. The molecule has 0 bridgehead atoms. The number of benzene rings is 21. The largest absolute Gasteiger partial charge is 0.375 e. The van der Waals surface area contributed by atoms with Crippen LogP contribution in [0.5, 0.6) is 0 Å². The molecule has 15 heteroatoms. The fourth-order valence-electron chi connectivity index (χ4n) is 31.9. The van der Waals surface area contributed by atoms with Crippen LogP contribution in [-0.4, -0.2) is 72.5 Å². The van der Waals surface area contributed by atoms with E-state index in [4.69, 9.17) is 0 Å². The van der Waals surface area contributed by atoms with Gasteiger partial charge in [-0.15, -0.1) is 0 Å². The molecular weight excluding hydrogens is 1700 g/mol. The summed E-state index contributed by atoms with van der Waals surface area (Å²) < 4.78 is 19.3. The summed E-state index contributed by atoms with van der Waals surface area (Å²) >= 11 is 0. The molecule has 0 amide bonds. The lowest BCUT2D eigenvalue weighted by molar-refractivity contribution is 1.17. The molecule has 141 heavy (non-hydrogen) atoms. The highest BCUT2D eigenvalue weighted by atomic mass is 15.2. The molecule has 0 atom stereocenters. The Bertz CT molecular complexity index is 11300. The van der Waals surface area contributed by atoms with Crippen molar-refractivity contribution in [3.63, 3.8) is 0 Å². The number of anilines is 6. The van der Waals surface area contributed by atoms with Crippen LogP contribution in [-0.2, 0) is 0 Å². The van der Waals surface area contributed by atoms with E-state index in [0.717, 1.165) is 0 Å². The van der Waals surface area contributed by atoms with Crippen LogP contribution in [0.15, 0.2) is 382 Å². The van der Waals surface area contributed by atoms with Crippen LogP contribution in [0.4, 0.5) is 34.1 Å². The van der Waals surface area contributed by atoms with Gasteiger partial charge in [0, 0.05) is 215 Å². The number of hydrogen-bond acceptors (Lipinski definition) is 2. The van der Waals surface area contributed by atoms with Crippen molar-refractivity contribution in [2.24, 2.45) is 0 Å². The summed E-state index contributed by atoms with van der Waals surface area (Å²) in [6.07, 6.45) is 0. The Morgan fingerprint density at radius 1 is 0.149 bits per heavy atom. The van der Waals surface area contributed by atoms with Crippen molar-refractivity contribution in [1.82, 2.24) is 31.4 Å². The fourth-order valence-corrected chi connectivity index (χ4v) is 31.9. The van der Waals surface area contributed by atoms with E-state index in [0.29, 0.717) is 0 Å². The Morgan fingerprint density at radius 3 is 1.02 bits per heavy atom. The molecule has 28 aromatic rings. The van der Waals surface area contributed by atoms with Gasteiger partial charge in [0.1, 0.15) is 0 Å². The van der Waals surface area contributed by atoms with Crippen LogP contribution in [0, 0.1) is 0 Å². The lowest BCUT2D eigenvalue weighted by Crippen LogP contribution is -2.64. The van der Waals surface area contributed by atoms with Crippen LogP contribution in [0.1, 0.15) is 0 Å². The first-order valence-electron chi connectivity index (χ1n) is 50.1. The van der Waals surface area contributed by atoms with E-state index in [9.17, 15) is 0 Å². The molecule has 19 heterocycles. The van der Waals surface area contributed by atoms with Crippen LogP contribution in [0.25, 0.3) is 247 Å². The molecule has 0 spiro atoms. The van der Waals surface area contributed by atoms with Gasteiger partial charge in [-0.2, -0.15) is 0 Å². The number of hydrogen-bond donors (Lipinski definition) is 0. The van der Waals surface area contributed by atoms with E-state index in [2.05, 4.69) is 423 Å². The van der Waals surface area contributed by atoms with Gasteiger partial charge in [-0.1, -0.05) is 297 Å². The van der Waals surface area contributed by atoms with E-state index in [1.807, 2.05) is 0 Å². The van der Waals surface area contributed by atoms with Gasteiger partial charge >= 0.3 is 41.1 Å². The zero-order valence-corrected chi connectivity index (χ0v) is 75.4. The lowest BCUT2D eigenvalue weighted by Gasteiger charge is -2.47. The van der Waals surface area contributed by atoms with Gasteiger partial charge in [-0.05, 0) is 206 Å². The van der Waals surface area contributed by atoms with E-state index in [1.165, 1.54) is 347 Å². The second kappa shape index (κ2) is 23.0. The predicted molar refractivity (Wildman–Crippen MR) is 594 cm³/mol. The quantitative estimate of drug-likeness (QED) is 0.162. The summed E-state index contributed by atoms with van der Waals surface area (Å²) in [4.78, 5) is 5.43. The molecule has 0 unspecified atom stereocenters. The Hall–Kier alpha value is -17.8. The molecule has 12 aliphatic heterocycles. The average Bonchev–Trinajstić information content (AvgIpc) is 1.61. The van der Waals surface area contributed by atoms with Crippen molar-refractivity contribution in [1.29, 1.82) is 0 Å². The third-order valence-corrected chi connectivity index (χ3v) is 36.5. The van der Waals surface area contributed by atoms with Gasteiger partial charge < -0.3 is 41.2 Å². The molecule has 0 saturated carbocycles. The summed E-state index contributed by atoms with van der Waals surface area (Å²) in [5, 5.41) is 18.1. The van der Waals surface area contributed by atoms with E-state index in [-0.39, 0.29) is 41.1 Å². The number of para-hydroxylation sites is 14. The van der Waals surface area contributed by atoms with Gasteiger partial charge in [0.05, 0.1) is 11.0 Å². The highest BCUT2D eigenvalue weighted by molar-refractivity contribution is 6.98. The minimum atomic E-state index is -0.186. The van der Waals surface area contributed by atoms with Crippen molar-refractivity contribution < 1.29 is 0 Å². The molecule has 9 nitrogen and oxygen atoms in total. The highest BCUT2D eigenvalue weighted by Crippen LogP contribution is 2.58. The van der Waals surface area contributed by atoms with Crippen molar-refractivity contribution in [3.05, 3.63) is 382 Å². The van der Waals surface area contributed by atoms with Crippen molar-refractivity contribution in [3.8, 4) is 94.7 Å². The number of nitrogens with zero attached hydrogens (tertiary/aromatic N) is 9. The Labute approximate surface area is 805 Å². The van der Waals surface area contributed by atoms with Gasteiger partial charge in [-0.3, -0.25) is 0 Å². The monoisotopic (exact) mass is 1770 g/mol. The molecule has 21 aromatic carbocycles. The van der Waals surface area contributed by atoms with Gasteiger partial charge in [0.25, 0.3) is 0 Å². The maximum Gasteiger partial charge on any atom is 0.333 e. The van der Waals surface area contributed by atoms with Crippen molar-refractivity contribution >= 4 is 293 Å². The van der Waals surface area contributed by atoms with Crippen LogP contribution < -0.4 is 75.4 Å². The van der Waals surface area contributed by atoms with Crippen molar-refractivity contribution in [2.45, 2.75) is 0 Å². The molecule has 0 aliphatic carbocycles. The second-order valence-electron chi connectivity index (χ2n) is 41.9. The van der Waals surface area contributed by atoms with Crippen LogP contribution in [0.2, 0.25) is 0 Å². The molecular formula is C126H63B6N9. The first-order valence-corrected chi connectivity index (χ1v) is 50.1. The summed E-state index contributed by atoms with van der Waals surface area (Å²) in [6.45, 7) is -0.640. The van der Waals surface area contributed by atoms with E-state index in [1.54, 1.807) is 0 Å². The summed E-state index contributed by atoms with van der Waals surface area (Å²) in [7, 11) is 0. The second-order valence-corrected chi connectivity index (χ2v) is 41.9. The lowest BCUT2D eigenvalue weighted by atomic mass is 9.39. The third kappa shape index (κ3) is 7.38. The van der Waals surface area contributed by atoms with Gasteiger partial charge in [0.15, 0.2) is 0 Å². The molecule has 7 aromatic heterocycles. The molecule has 12 aliphatic rings. The summed E-state index contributed by atoms with van der Waals surface area (Å²) in [6, 6.07) is 151. The zero-order chi connectivity index (χ0) is 89.6. The molecule has 40 rings (SSSR count). The maximum absolute atomic E-state index is 2.82. The highest BCUT2D eigenvalue weighted by Gasteiger charge is 2.56. The summed E-state index contributed by atoms with van der Waals surface area (Å²) in [5.41, 5.74) is 63.7. The van der Waals surface area contributed by atoms with Crippen LogP contribution >= 0.6 is 0 Å². The molecule has 0 N–H and O–H groups in total. The van der Waals surface area contributed by atoms with Crippen molar-refractivity contribution in [2.75, 3.05) is 9.80 Å². The smallest absolute Gasteiger partial charge is 0.333 e. The molecule has 0 radical (unpaired) electrons. The number of fused-ring (bicyclic) bond motifs is 43. The standard InChI is InChI=1S/C126H63B6N9/c1-6-47-99-68(22-1)74-28-13-34-82-89-62-90-84-36-15-32-80-87-58-64(55-57-102(87)139(120(80)84)128-94-42-5-10-51-104(94)133-103-50-9-4-41-93(103)127(136(99)118(74)82)112(89)125(133)113(90)128)65-54-56-71-76-30-11-31-77-72-26-20-53-106-110(72)129(141(116(76)77)107(71)60-65)97-45-21-46-98-124(97)134(106)108-61-66(59-88-81-33-12-27-73-69-23-2-7-48-100(69)137(117(73)81)130(98)111(88)108)67-25-19-52-105-109(67)86-40-16-37-85-92-63-91-83-35-14-29-75-70-24-3-8-49-101(70)138(119(75)83)131-95-43-17-38-78-79-39-18-44-96-123(79)135(122(78)95)126(114(91)131)115(92)132(96)140(105)121(85)86/h1-63H. The van der Waals surface area contributed by atoms with Crippen LogP contribution in [0.3, 0.4) is 0 Å². The topological polar surface area (TPSA) is 41.0 Å². The first-order chi connectivity index (χ1) is 70.1. The zero-order valence-electron chi connectivity index (χ0n) is 75.4. The average molecular weight is 1770 g/mol. The summed E-state index contributed by atoms with van der Waals surface area (Å²) in [5.74, 6) is 0. The van der Waals surface area contributed by atoms with E-state index < -0.39 is 0 Å². The van der Waals surface area contributed by atoms with Gasteiger partial charge in [0.2, 0.25) is 0 Å². The minimum Gasteiger partial charge on any atom is -0.375 e. The Balaban J connectivity index is 0.526. The van der Waals surface area contributed by atoms with Gasteiger partial charge in [-0.25, -0.2) is 0 Å². The first kappa shape index (κ1) is 69.9. The normalized spacial score (nSPS) is 14.6. The number of rotatable bonds is 2. The fraction of sp³-hybridized carbons (Fsp3) is 0. The number of aromatic nitrogens is 7. The van der Waals surface area contributed by atoms with E-state index >= 15 is 0 Å². The molecule has 0 saturated heterocycles. The minimum absolute atomic E-state index is 0.0319.